The number of amides is 1. The Morgan fingerprint density at radius 2 is 2.05 bits per heavy atom. The molecule has 1 aliphatic rings. The number of piperidine rings is 1. The van der Waals surface area contributed by atoms with Crippen LogP contribution in [0, 0.1) is 5.92 Å². The minimum atomic E-state index is -0.305. The molecule has 2 rings (SSSR count). The fourth-order valence-corrected chi connectivity index (χ4v) is 3.22. The Balaban J connectivity index is 1.97. The van der Waals surface area contributed by atoms with Gasteiger partial charge in [0.05, 0.1) is 7.11 Å². The zero-order valence-electron chi connectivity index (χ0n) is 13.7. The third kappa shape index (κ3) is 3.51. The van der Waals surface area contributed by atoms with Crippen molar-refractivity contribution in [2.75, 3.05) is 20.2 Å². The summed E-state index contributed by atoms with van der Waals surface area (Å²) in [6.07, 6.45) is 5.67. The van der Waals surface area contributed by atoms with Crippen LogP contribution in [0.2, 0.25) is 0 Å². The van der Waals surface area contributed by atoms with E-state index in [1.54, 1.807) is 6.07 Å². The number of hydrogen-bond acceptors (Lipinski definition) is 3. The second-order valence-electron chi connectivity index (χ2n) is 6.04. The molecule has 22 heavy (non-hydrogen) atoms. The Labute approximate surface area is 132 Å². The van der Waals surface area contributed by atoms with Gasteiger partial charge in [0, 0.05) is 31.2 Å². The smallest absolute Gasteiger partial charge is 0.354 e. The van der Waals surface area contributed by atoms with Gasteiger partial charge in [0.25, 0.3) is 0 Å². The standard InChI is InChI=1S/C17H26N2O3/c1-4-6-13(2)16(20)18-11-8-14(9-12-18)19-10-5-7-15(19)17(21)22-3/h5,7,10,13-14H,4,6,8-9,11-12H2,1-3H3. The summed E-state index contributed by atoms with van der Waals surface area (Å²) in [7, 11) is 1.40. The van der Waals surface area contributed by atoms with Crippen molar-refractivity contribution in [2.45, 2.75) is 45.6 Å². The highest BCUT2D eigenvalue weighted by molar-refractivity contribution is 5.87. The fourth-order valence-electron chi connectivity index (χ4n) is 3.22. The van der Waals surface area contributed by atoms with Gasteiger partial charge >= 0.3 is 5.97 Å². The van der Waals surface area contributed by atoms with E-state index in [1.165, 1.54) is 7.11 Å². The number of carbonyl (C=O) groups excluding carboxylic acids is 2. The van der Waals surface area contributed by atoms with Crippen molar-refractivity contribution >= 4 is 11.9 Å². The summed E-state index contributed by atoms with van der Waals surface area (Å²) in [6.45, 7) is 5.64. The maximum atomic E-state index is 12.3. The van der Waals surface area contributed by atoms with E-state index >= 15 is 0 Å². The first-order valence-electron chi connectivity index (χ1n) is 8.12. The van der Waals surface area contributed by atoms with Crippen LogP contribution in [-0.2, 0) is 9.53 Å². The highest BCUT2D eigenvalue weighted by Gasteiger charge is 2.27. The predicted octanol–water partition coefficient (Wildman–Crippen LogP) is 2.87. The normalized spacial score (nSPS) is 17.3. The van der Waals surface area contributed by atoms with E-state index in [9.17, 15) is 9.59 Å². The molecule has 122 valence electrons. The molecule has 0 N–H and O–H groups in total. The SMILES string of the molecule is CCCC(C)C(=O)N1CCC(n2cccc2C(=O)OC)CC1. The zero-order chi connectivity index (χ0) is 16.1. The first kappa shape index (κ1) is 16.6. The molecule has 1 amide bonds. The van der Waals surface area contributed by atoms with Crippen LogP contribution < -0.4 is 0 Å². The van der Waals surface area contributed by atoms with E-state index in [4.69, 9.17) is 4.74 Å². The molecule has 0 aliphatic carbocycles. The molecule has 5 heteroatoms. The van der Waals surface area contributed by atoms with E-state index in [2.05, 4.69) is 6.92 Å². The second kappa shape index (κ2) is 7.47. The van der Waals surface area contributed by atoms with Crippen LogP contribution in [-0.4, -0.2) is 41.5 Å². The first-order chi connectivity index (χ1) is 10.6. The van der Waals surface area contributed by atoms with Gasteiger partial charge in [-0.2, -0.15) is 0 Å². The molecule has 1 aromatic rings. The number of methoxy groups -OCH3 is 1. The number of likely N-dealkylation sites (tertiary alicyclic amines) is 1. The van der Waals surface area contributed by atoms with Gasteiger partial charge in [0.1, 0.15) is 5.69 Å². The molecule has 1 saturated heterocycles. The van der Waals surface area contributed by atoms with E-state index < -0.39 is 0 Å². The molecule has 0 bridgehead atoms. The molecule has 0 saturated carbocycles. The number of hydrogen-bond donors (Lipinski definition) is 0. The number of ether oxygens (including phenoxy) is 1. The Morgan fingerprint density at radius 1 is 1.36 bits per heavy atom. The van der Waals surface area contributed by atoms with Crippen LogP contribution in [0.25, 0.3) is 0 Å². The van der Waals surface area contributed by atoms with Crippen LogP contribution in [0.1, 0.15) is 56.1 Å². The summed E-state index contributed by atoms with van der Waals surface area (Å²) in [5.41, 5.74) is 0.589. The van der Waals surface area contributed by atoms with E-state index in [0.717, 1.165) is 38.8 Å². The van der Waals surface area contributed by atoms with Crippen LogP contribution in [0.3, 0.4) is 0 Å². The third-order valence-corrected chi connectivity index (χ3v) is 4.49. The number of esters is 1. The molecule has 0 aromatic carbocycles. The second-order valence-corrected chi connectivity index (χ2v) is 6.04. The maximum absolute atomic E-state index is 12.3. The number of carbonyl (C=O) groups is 2. The number of rotatable bonds is 5. The van der Waals surface area contributed by atoms with Gasteiger partial charge in [-0.3, -0.25) is 4.79 Å². The van der Waals surface area contributed by atoms with E-state index in [-0.39, 0.29) is 23.8 Å². The lowest BCUT2D eigenvalue weighted by molar-refractivity contribution is -0.136. The fraction of sp³-hybridized carbons (Fsp3) is 0.647. The topological polar surface area (TPSA) is 51.5 Å². The van der Waals surface area contributed by atoms with E-state index in [1.807, 2.05) is 28.7 Å². The molecule has 1 atom stereocenters. The molecular weight excluding hydrogens is 280 g/mol. The van der Waals surface area contributed by atoms with Gasteiger partial charge < -0.3 is 14.2 Å². The summed E-state index contributed by atoms with van der Waals surface area (Å²) < 4.78 is 6.81. The summed E-state index contributed by atoms with van der Waals surface area (Å²) in [5, 5.41) is 0. The van der Waals surface area contributed by atoms with Crippen LogP contribution in [0.15, 0.2) is 18.3 Å². The largest absolute Gasteiger partial charge is 0.464 e. The van der Waals surface area contributed by atoms with Gasteiger partial charge in [-0.15, -0.1) is 0 Å². The Kier molecular flexibility index (Phi) is 5.63. The summed E-state index contributed by atoms with van der Waals surface area (Å²) >= 11 is 0. The molecule has 1 unspecified atom stereocenters. The average molecular weight is 306 g/mol. The summed E-state index contributed by atoms with van der Waals surface area (Å²) in [5.74, 6) is 0.0693. The van der Waals surface area contributed by atoms with Crippen molar-refractivity contribution in [3.05, 3.63) is 24.0 Å². The van der Waals surface area contributed by atoms with Crippen molar-refractivity contribution in [2.24, 2.45) is 5.92 Å². The third-order valence-electron chi connectivity index (χ3n) is 4.49. The van der Waals surface area contributed by atoms with Crippen LogP contribution in [0.5, 0.6) is 0 Å². The predicted molar refractivity (Wildman–Crippen MR) is 84.7 cm³/mol. The van der Waals surface area contributed by atoms with Gasteiger partial charge in [0.15, 0.2) is 0 Å². The van der Waals surface area contributed by atoms with Gasteiger partial charge in [-0.05, 0) is 31.4 Å². The minimum absolute atomic E-state index is 0.110. The van der Waals surface area contributed by atoms with Crippen molar-refractivity contribution < 1.29 is 14.3 Å². The first-order valence-corrected chi connectivity index (χ1v) is 8.12. The highest BCUT2D eigenvalue weighted by atomic mass is 16.5. The minimum Gasteiger partial charge on any atom is -0.464 e. The zero-order valence-corrected chi connectivity index (χ0v) is 13.7. The van der Waals surface area contributed by atoms with Crippen LogP contribution >= 0.6 is 0 Å². The monoisotopic (exact) mass is 306 g/mol. The summed E-state index contributed by atoms with van der Waals surface area (Å²) in [4.78, 5) is 26.1. The molecule has 1 aromatic heterocycles. The molecule has 2 heterocycles. The molecule has 1 fully saturated rings. The lowest BCUT2D eigenvalue weighted by atomic mass is 10.00. The van der Waals surface area contributed by atoms with Crippen molar-refractivity contribution in [1.29, 1.82) is 0 Å². The number of nitrogens with zero attached hydrogens (tertiary/aromatic N) is 2. The summed E-state index contributed by atoms with van der Waals surface area (Å²) in [6, 6.07) is 3.91. The maximum Gasteiger partial charge on any atom is 0.354 e. The van der Waals surface area contributed by atoms with Gasteiger partial charge in [0.2, 0.25) is 5.91 Å². The Morgan fingerprint density at radius 3 is 2.64 bits per heavy atom. The molecule has 0 spiro atoms. The molecule has 0 radical (unpaired) electrons. The quantitative estimate of drug-likeness (QED) is 0.786. The van der Waals surface area contributed by atoms with Crippen molar-refractivity contribution in [3.63, 3.8) is 0 Å². The highest BCUT2D eigenvalue weighted by Crippen LogP contribution is 2.26. The van der Waals surface area contributed by atoms with Gasteiger partial charge in [-0.1, -0.05) is 20.3 Å². The Hall–Kier alpha value is -1.78. The average Bonchev–Trinajstić information content (AvgIpc) is 3.03. The lowest BCUT2D eigenvalue weighted by Gasteiger charge is -2.34. The van der Waals surface area contributed by atoms with E-state index in [0.29, 0.717) is 5.69 Å². The van der Waals surface area contributed by atoms with Gasteiger partial charge in [-0.25, -0.2) is 4.79 Å². The van der Waals surface area contributed by atoms with Crippen molar-refractivity contribution in [3.8, 4) is 0 Å². The number of aromatic nitrogens is 1. The molecule has 1 aliphatic heterocycles. The lowest BCUT2D eigenvalue weighted by Crippen LogP contribution is -2.41. The van der Waals surface area contributed by atoms with Crippen LogP contribution in [0.4, 0.5) is 0 Å². The Bertz CT molecular complexity index is 516. The van der Waals surface area contributed by atoms with Crippen molar-refractivity contribution in [1.82, 2.24) is 9.47 Å². The molecular formula is C17H26N2O3. The molecule has 5 nitrogen and oxygen atoms in total.